The normalized spacial score (nSPS) is 14.5. The van der Waals surface area contributed by atoms with Crippen LogP contribution in [0.3, 0.4) is 0 Å². The standard InChI is InChI=1S/C15H25N3O/c1-4-6-13-17-14(16-9-5-2)11(3)15(18-13)19-10-12-7-8-12/h12H,4-10H2,1-3H3,(H,16,17,18). The van der Waals surface area contributed by atoms with Gasteiger partial charge in [0.05, 0.1) is 12.2 Å². The average molecular weight is 263 g/mol. The van der Waals surface area contributed by atoms with E-state index in [1.165, 1.54) is 12.8 Å². The summed E-state index contributed by atoms with van der Waals surface area (Å²) < 4.78 is 5.88. The van der Waals surface area contributed by atoms with Gasteiger partial charge in [0, 0.05) is 13.0 Å². The lowest BCUT2D eigenvalue weighted by Crippen LogP contribution is -2.11. The summed E-state index contributed by atoms with van der Waals surface area (Å²) in [5.41, 5.74) is 1.04. The highest BCUT2D eigenvalue weighted by Crippen LogP contribution is 2.30. The molecular formula is C15H25N3O. The molecule has 1 N–H and O–H groups in total. The fraction of sp³-hybridized carbons (Fsp3) is 0.733. The molecule has 1 aliphatic carbocycles. The van der Waals surface area contributed by atoms with Gasteiger partial charge < -0.3 is 10.1 Å². The molecule has 1 fully saturated rings. The molecule has 1 aromatic rings. The van der Waals surface area contributed by atoms with Crippen molar-refractivity contribution in [1.29, 1.82) is 0 Å². The van der Waals surface area contributed by atoms with Gasteiger partial charge in [-0.25, -0.2) is 4.98 Å². The van der Waals surface area contributed by atoms with E-state index in [2.05, 4.69) is 29.1 Å². The zero-order valence-corrected chi connectivity index (χ0v) is 12.3. The average Bonchev–Trinajstić information content (AvgIpc) is 3.22. The van der Waals surface area contributed by atoms with E-state index >= 15 is 0 Å². The third-order valence-electron chi connectivity index (χ3n) is 3.32. The van der Waals surface area contributed by atoms with Gasteiger partial charge in [-0.05, 0) is 38.5 Å². The SMILES string of the molecule is CCCNc1nc(CCC)nc(OCC2CC2)c1C. The Morgan fingerprint density at radius 1 is 1.21 bits per heavy atom. The van der Waals surface area contributed by atoms with Gasteiger partial charge >= 0.3 is 0 Å². The highest BCUT2D eigenvalue weighted by Gasteiger charge is 2.23. The summed E-state index contributed by atoms with van der Waals surface area (Å²) in [6, 6.07) is 0. The molecular weight excluding hydrogens is 238 g/mol. The van der Waals surface area contributed by atoms with Crippen molar-refractivity contribution in [2.24, 2.45) is 5.92 Å². The molecule has 19 heavy (non-hydrogen) atoms. The second kappa shape index (κ2) is 6.73. The van der Waals surface area contributed by atoms with E-state index in [9.17, 15) is 0 Å². The molecule has 0 unspecified atom stereocenters. The molecule has 4 heteroatoms. The molecule has 0 saturated heterocycles. The predicted octanol–water partition coefficient (Wildman–Crippen LogP) is 3.35. The van der Waals surface area contributed by atoms with E-state index in [0.29, 0.717) is 0 Å². The minimum absolute atomic E-state index is 0.746. The van der Waals surface area contributed by atoms with Gasteiger partial charge in [-0.15, -0.1) is 0 Å². The summed E-state index contributed by atoms with van der Waals surface area (Å²) in [4.78, 5) is 9.16. The van der Waals surface area contributed by atoms with Crippen LogP contribution in [0.2, 0.25) is 0 Å². The summed E-state index contributed by atoms with van der Waals surface area (Å²) in [7, 11) is 0. The molecule has 106 valence electrons. The predicted molar refractivity (Wildman–Crippen MR) is 77.8 cm³/mol. The Hall–Kier alpha value is -1.32. The monoisotopic (exact) mass is 263 g/mol. The smallest absolute Gasteiger partial charge is 0.221 e. The number of hydrogen-bond donors (Lipinski definition) is 1. The van der Waals surface area contributed by atoms with Gasteiger partial charge in [0.15, 0.2) is 0 Å². The van der Waals surface area contributed by atoms with Crippen LogP contribution < -0.4 is 10.1 Å². The molecule has 2 rings (SSSR count). The highest BCUT2D eigenvalue weighted by atomic mass is 16.5. The van der Waals surface area contributed by atoms with Crippen molar-refractivity contribution < 1.29 is 4.74 Å². The van der Waals surface area contributed by atoms with Crippen LogP contribution in [0.25, 0.3) is 0 Å². The number of anilines is 1. The van der Waals surface area contributed by atoms with Crippen molar-refractivity contribution >= 4 is 5.82 Å². The van der Waals surface area contributed by atoms with E-state index < -0.39 is 0 Å². The Bertz CT molecular complexity index is 416. The molecule has 0 aromatic carbocycles. The zero-order valence-electron chi connectivity index (χ0n) is 12.3. The Labute approximate surface area is 116 Å². The first-order valence-corrected chi connectivity index (χ1v) is 7.48. The van der Waals surface area contributed by atoms with Gasteiger partial charge in [0.25, 0.3) is 0 Å². The van der Waals surface area contributed by atoms with Crippen molar-refractivity contribution in [3.05, 3.63) is 11.4 Å². The first kappa shape index (κ1) is 14.1. The third-order valence-corrected chi connectivity index (χ3v) is 3.32. The van der Waals surface area contributed by atoms with Crippen LogP contribution in [0.1, 0.15) is 50.9 Å². The molecule has 1 heterocycles. The molecule has 0 atom stereocenters. The minimum atomic E-state index is 0.746. The second-order valence-electron chi connectivity index (χ2n) is 5.35. The van der Waals surface area contributed by atoms with Crippen LogP contribution in [-0.4, -0.2) is 23.1 Å². The molecule has 1 aromatic heterocycles. The fourth-order valence-corrected chi connectivity index (χ4v) is 1.91. The molecule has 0 aliphatic heterocycles. The maximum absolute atomic E-state index is 5.88. The first-order chi connectivity index (χ1) is 9.24. The molecule has 0 radical (unpaired) electrons. The van der Waals surface area contributed by atoms with Crippen LogP contribution in [-0.2, 0) is 6.42 Å². The topological polar surface area (TPSA) is 47.0 Å². The Morgan fingerprint density at radius 2 is 2.00 bits per heavy atom. The Kier molecular flexibility index (Phi) is 5.00. The summed E-state index contributed by atoms with van der Waals surface area (Å²) in [6.07, 6.45) is 5.64. The quantitative estimate of drug-likeness (QED) is 0.781. The number of nitrogens with zero attached hydrogens (tertiary/aromatic N) is 2. The van der Waals surface area contributed by atoms with Crippen molar-refractivity contribution in [3.8, 4) is 5.88 Å². The summed E-state index contributed by atoms with van der Waals surface area (Å²) in [5, 5.41) is 3.37. The van der Waals surface area contributed by atoms with E-state index in [4.69, 9.17) is 4.74 Å². The lowest BCUT2D eigenvalue weighted by Gasteiger charge is -2.14. The maximum Gasteiger partial charge on any atom is 0.221 e. The minimum Gasteiger partial charge on any atom is -0.477 e. The molecule has 1 aliphatic rings. The van der Waals surface area contributed by atoms with E-state index in [1.807, 2.05) is 6.92 Å². The maximum atomic E-state index is 5.88. The lowest BCUT2D eigenvalue weighted by atomic mass is 10.2. The number of aryl methyl sites for hydroxylation is 1. The molecule has 0 bridgehead atoms. The lowest BCUT2D eigenvalue weighted by molar-refractivity contribution is 0.285. The zero-order chi connectivity index (χ0) is 13.7. The number of hydrogen-bond acceptors (Lipinski definition) is 4. The van der Waals surface area contributed by atoms with Gasteiger partial charge in [-0.2, -0.15) is 4.98 Å². The molecule has 0 spiro atoms. The second-order valence-corrected chi connectivity index (χ2v) is 5.35. The van der Waals surface area contributed by atoms with Crippen molar-refractivity contribution in [3.63, 3.8) is 0 Å². The van der Waals surface area contributed by atoms with E-state index in [1.54, 1.807) is 0 Å². The van der Waals surface area contributed by atoms with Crippen LogP contribution in [0.4, 0.5) is 5.82 Å². The summed E-state index contributed by atoms with van der Waals surface area (Å²) >= 11 is 0. The van der Waals surface area contributed by atoms with Crippen LogP contribution in [0.5, 0.6) is 5.88 Å². The van der Waals surface area contributed by atoms with Gasteiger partial charge in [0.2, 0.25) is 5.88 Å². The van der Waals surface area contributed by atoms with Gasteiger partial charge in [0.1, 0.15) is 11.6 Å². The van der Waals surface area contributed by atoms with Gasteiger partial charge in [-0.1, -0.05) is 13.8 Å². The first-order valence-electron chi connectivity index (χ1n) is 7.48. The number of nitrogens with one attached hydrogen (secondary N) is 1. The Balaban J connectivity index is 2.14. The fourth-order valence-electron chi connectivity index (χ4n) is 1.91. The van der Waals surface area contributed by atoms with E-state index in [0.717, 1.165) is 61.4 Å². The number of ether oxygens (including phenoxy) is 1. The van der Waals surface area contributed by atoms with Crippen molar-refractivity contribution in [1.82, 2.24) is 9.97 Å². The van der Waals surface area contributed by atoms with Gasteiger partial charge in [-0.3, -0.25) is 0 Å². The van der Waals surface area contributed by atoms with Crippen molar-refractivity contribution in [2.75, 3.05) is 18.5 Å². The van der Waals surface area contributed by atoms with Crippen LogP contribution in [0.15, 0.2) is 0 Å². The largest absolute Gasteiger partial charge is 0.477 e. The summed E-state index contributed by atoms with van der Waals surface area (Å²) in [5.74, 6) is 3.34. The third kappa shape index (κ3) is 4.08. The number of rotatable bonds is 8. The number of aromatic nitrogens is 2. The van der Waals surface area contributed by atoms with E-state index in [-0.39, 0.29) is 0 Å². The summed E-state index contributed by atoms with van der Waals surface area (Å²) in [6.45, 7) is 8.08. The van der Waals surface area contributed by atoms with Crippen molar-refractivity contribution in [2.45, 2.75) is 52.9 Å². The van der Waals surface area contributed by atoms with Crippen LogP contribution >= 0.6 is 0 Å². The highest BCUT2D eigenvalue weighted by molar-refractivity contribution is 5.48. The Morgan fingerprint density at radius 3 is 2.63 bits per heavy atom. The molecule has 0 amide bonds. The molecule has 1 saturated carbocycles. The molecule has 4 nitrogen and oxygen atoms in total. The van der Waals surface area contributed by atoms with Crippen LogP contribution in [0, 0.1) is 12.8 Å².